The van der Waals surface area contributed by atoms with Crippen molar-refractivity contribution >= 4 is 0 Å². The Hall–Kier alpha value is -2.13. The summed E-state index contributed by atoms with van der Waals surface area (Å²) in [7, 11) is 0. The van der Waals surface area contributed by atoms with Crippen LogP contribution in [0.25, 0.3) is 0 Å². The van der Waals surface area contributed by atoms with Gasteiger partial charge in [0, 0.05) is 5.92 Å². The SMILES string of the molecule is C[C@@H](O[C@H]1CCC2CNCC2[C@@H]1c1ccc(F)cc1)c1cc(C(F)(F)F)cc(C(F)(F)F)c1. The largest absolute Gasteiger partial charge is 0.416 e. The molecule has 1 aliphatic heterocycles. The Labute approximate surface area is 187 Å². The number of ether oxygens (including phenoxy) is 1. The first-order chi connectivity index (χ1) is 15.4. The van der Waals surface area contributed by atoms with Crippen molar-refractivity contribution in [2.45, 2.75) is 50.2 Å². The number of benzene rings is 2. The minimum atomic E-state index is -4.92. The van der Waals surface area contributed by atoms with E-state index in [1.54, 1.807) is 12.1 Å². The Bertz CT molecular complexity index is 938. The first-order valence-electron chi connectivity index (χ1n) is 10.8. The van der Waals surface area contributed by atoms with Crippen molar-refractivity contribution in [2.75, 3.05) is 13.1 Å². The molecule has 9 heteroatoms. The van der Waals surface area contributed by atoms with Gasteiger partial charge in [-0.15, -0.1) is 0 Å². The predicted octanol–water partition coefficient (Wildman–Crippen LogP) is 6.72. The predicted molar refractivity (Wildman–Crippen MR) is 108 cm³/mol. The van der Waals surface area contributed by atoms with E-state index in [0.29, 0.717) is 12.3 Å². The molecular weight excluding hydrogens is 451 g/mol. The summed E-state index contributed by atoms with van der Waals surface area (Å²) >= 11 is 0. The molecule has 0 aromatic heterocycles. The summed E-state index contributed by atoms with van der Waals surface area (Å²) in [6.45, 7) is 3.03. The maximum atomic E-state index is 13.5. The lowest BCUT2D eigenvalue weighted by molar-refractivity contribution is -0.143. The average Bonchev–Trinajstić information content (AvgIpc) is 3.21. The molecule has 1 saturated carbocycles. The van der Waals surface area contributed by atoms with Crippen molar-refractivity contribution in [3.05, 3.63) is 70.5 Å². The molecule has 0 bridgehead atoms. The van der Waals surface area contributed by atoms with Crippen LogP contribution >= 0.6 is 0 Å². The number of hydrogen-bond donors (Lipinski definition) is 1. The fourth-order valence-electron chi connectivity index (χ4n) is 5.18. The van der Waals surface area contributed by atoms with Gasteiger partial charge in [0.05, 0.1) is 23.3 Å². The Morgan fingerprint density at radius 3 is 2.06 bits per heavy atom. The van der Waals surface area contributed by atoms with Crippen LogP contribution < -0.4 is 5.32 Å². The summed E-state index contributed by atoms with van der Waals surface area (Å²) in [4.78, 5) is 0. The summed E-state index contributed by atoms with van der Waals surface area (Å²) in [5.41, 5.74) is -2.04. The first-order valence-corrected chi connectivity index (χ1v) is 10.8. The van der Waals surface area contributed by atoms with Gasteiger partial charge in [-0.1, -0.05) is 12.1 Å². The van der Waals surface area contributed by atoms with Gasteiger partial charge in [-0.25, -0.2) is 4.39 Å². The lowest BCUT2D eigenvalue weighted by Gasteiger charge is -2.41. The summed E-state index contributed by atoms with van der Waals surface area (Å²) in [6, 6.07) is 7.61. The monoisotopic (exact) mass is 475 g/mol. The molecule has 180 valence electrons. The molecule has 1 heterocycles. The number of halogens is 7. The molecule has 2 fully saturated rings. The third-order valence-electron chi connectivity index (χ3n) is 6.79. The van der Waals surface area contributed by atoms with Gasteiger partial charge in [0.25, 0.3) is 0 Å². The highest BCUT2D eigenvalue weighted by Crippen LogP contribution is 2.46. The van der Waals surface area contributed by atoms with Gasteiger partial charge in [-0.3, -0.25) is 0 Å². The van der Waals surface area contributed by atoms with Crippen LogP contribution in [0.5, 0.6) is 0 Å². The summed E-state index contributed by atoms with van der Waals surface area (Å²) in [6.07, 6.45) is -9.80. The number of alkyl halides is 6. The van der Waals surface area contributed by atoms with E-state index in [1.807, 2.05) is 0 Å². The van der Waals surface area contributed by atoms with E-state index in [2.05, 4.69) is 5.32 Å². The molecule has 0 amide bonds. The average molecular weight is 475 g/mol. The highest BCUT2D eigenvalue weighted by molar-refractivity contribution is 5.35. The van der Waals surface area contributed by atoms with Gasteiger partial charge in [0.15, 0.2) is 0 Å². The molecule has 1 saturated heterocycles. The Morgan fingerprint density at radius 2 is 1.48 bits per heavy atom. The highest BCUT2D eigenvalue weighted by Gasteiger charge is 2.44. The van der Waals surface area contributed by atoms with E-state index >= 15 is 0 Å². The van der Waals surface area contributed by atoms with E-state index in [9.17, 15) is 30.7 Å². The van der Waals surface area contributed by atoms with Crippen molar-refractivity contribution in [1.82, 2.24) is 5.32 Å². The topological polar surface area (TPSA) is 21.3 Å². The molecule has 2 aromatic carbocycles. The van der Waals surface area contributed by atoms with Crippen LogP contribution in [0.1, 0.15) is 54.0 Å². The highest BCUT2D eigenvalue weighted by atomic mass is 19.4. The molecule has 0 spiro atoms. The quantitative estimate of drug-likeness (QED) is 0.496. The normalized spacial score (nSPS) is 26.8. The van der Waals surface area contributed by atoms with Gasteiger partial charge in [0.2, 0.25) is 0 Å². The van der Waals surface area contributed by atoms with E-state index in [-0.39, 0.29) is 29.3 Å². The second-order valence-corrected chi connectivity index (χ2v) is 8.89. The number of fused-ring (bicyclic) bond motifs is 1. The van der Waals surface area contributed by atoms with Crippen LogP contribution in [0.2, 0.25) is 0 Å². The van der Waals surface area contributed by atoms with Gasteiger partial charge < -0.3 is 10.1 Å². The summed E-state index contributed by atoms with van der Waals surface area (Å²) in [5.74, 6) is 0.0501. The molecule has 1 N–H and O–H groups in total. The van der Waals surface area contributed by atoms with Crippen molar-refractivity contribution in [3.8, 4) is 0 Å². The lowest BCUT2D eigenvalue weighted by Crippen LogP contribution is -2.38. The first kappa shape index (κ1) is 24.0. The molecule has 2 aromatic rings. The van der Waals surface area contributed by atoms with Crippen molar-refractivity contribution in [3.63, 3.8) is 0 Å². The number of nitrogens with one attached hydrogen (secondary N) is 1. The van der Waals surface area contributed by atoms with Gasteiger partial charge in [-0.2, -0.15) is 26.3 Å². The van der Waals surface area contributed by atoms with Crippen LogP contribution in [-0.4, -0.2) is 19.2 Å². The smallest absolute Gasteiger partial charge is 0.370 e. The van der Waals surface area contributed by atoms with Crippen molar-refractivity contribution in [1.29, 1.82) is 0 Å². The fourth-order valence-corrected chi connectivity index (χ4v) is 5.18. The zero-order valence-electron chi connectivity index (χ0n) is 17.8. The molecule has 5 atom stereocenters. The standard InChI is InChI=1S/C24H24F7NO/c1-13(16-8-17(23(26,27)28)10-18(9-16)24(29,30)31)33-21-7-4-15-11-32-12-20(15)22(21)14-2-5-19(25)6-3-14/h2-3,5-6,8-10,13,15,20-22,32H,4,7,11-12H2,1H3/t13-,15?,20?,21+,22+/m1/s1. The minimum absolute atomic E-state index is 0.118. The van der Waals surface area contributed by atoms with Crippen molar-refractivity contribution in [2.24, 2.45) is 11.8 Å². The lowest BCUT2D eigenvalue weighted by atomic mass is 9.69. The molecule has 2 unspecified atom stereocenters. The van der Waals surface area contributed by atoms with Gasteiger partial charge in [-0.05, 0) is 86.1 Å². The second-order valence-electron chi connectivity index (χ2n) is 8.89. The Kier molecular flexibility index (Phi) is 6.48. The van der Waals surface area contributed by atoms with Crippen LogP contribution in [0, 0.1) is 17.7 Å². The molecule has 2 aliphatic rings. The summed E-state index contributed by atoms with van der Waals surface area (Å²) < 4.78 is 99.3. The van der Waals surface area contributed by atoms with Crippen LogP contribution in [0.15, 0.2) is 42.5 Å². The summed E-state index contributed by atoms with van der Waals surface area (Å²) in [5, 5.41) is 3.35. The molecular formula is C24H24F7NO. The van der Waals surface area contributed by atoms with E-state index in [0.717, 1.165) is 37.2 Å². The van der Waals surface area contributed by atoms with Crippen LogP contribution in [-0.2, 0) is 17.1 Å². The zero-order valence-corrected chi connectivity index (χ0v) is 17.8. The molecule has 33 heavy (non-hydrogen) atoms. The second kappa shape index (κ2) is 8.91. The zero-order chi connectivity index (χ0) is 24.0. The van der Waals surface area contributed by atoms with Gasteiger partial charge in [0.1, 0.15) is 5.82 Å². The fraction of sp³-hybridized carbons (Fsp3) is 0.500. The van der Waals surface area contributed by atoms with E-state index in [1.165, 1.54) is 19.1 Å². The van der Waals surface area contributed by atoms with Crippen LogP contribution in [0.3, 0.4) is 0 Å². The number of hydrogen-bond acceptors (Lipinski definition) is 2. The third-order valence-corrected chi connectivity index (χ3v) is 6.79. The third kappa shape index (κ3) is 5.19. The Morgan fingerprint density at radius 1 is 0.879 bits per heavy atom. The van der Waals surface area contributed by atoms with Crippen molar-refractivity contribution < 1.29 is 35.5 Å². The minimum Gasteiger partial charge on any atom is -0.370 e. The number of rotatable bonds is 4. The molecule has 1 aliphatic carbocycles. The molecule has 0 radical (unpaired) electrons. The van der Waals surface area contributed by atoms with Gasteiger partial charge >= 0.3 is 12.4 Å². The maximum Gasteiger partial charge on any atom is 0.416 e. The molecule has 4 rings (SSSR count). The molecule has 2 nitrogen and oxygen atoms in total. The van der Waals surface area contributed by atoms with E-state index in [4.69, 9.17) is 4.74 Å². The Balaban J connectivity index is 1.65. The van der Waals surface area contributed by atoms with E-state index < -0.39 is 35.7 Å². The van der Waals surface area contributed by atoms with Crippen LogP contribution in [0.4, 0.5) is 30.7 Å². The maximum absolute atomic E-state index is 13.5.